The van der Waals surface area contributed by atoms with Gasteiger partial charge in [-0.3, -0.25) is 0 Å². The van der Waals surface area contributed by atoms with Crippen molar-refractivity contribution in [3.05, 3.63) is 0 Å². The monoisotopic (exact) mass is 202 g/mol. The van der Waals surface area contributed by atoms with Crippen molar-refractivity contribution in [2.24, 2.45) is 0 Å². The van der Waals surface area contributed by atoms with Crippen LogP contribution in [0.5, 0.6) is 0 Å². The van der Waals surface area contributed by atoms with Crippen LogP contribution in [0.3, 0.4) is 0 Å². The first-order valence-electron chi connectivity index (χ1n) is 5.17. The first-order valence-corrected chi connectivity index (χ1v) is 5.17. The third-order valence-corrected chi connectivity index (χ3v) is 2.64. The predicted molar refractivity (Wildman–Crippen MR) is 51.1 cm³/mol. The number of carboxylic acid groups (broad SMARTS) is 1. The van der Waals surface area contributed by atoms with Crippen LogP contribution in [-0.4, -0.2) is 34.5 Å². The maximum absolute atomic E-state index is 10.6. The molecule has 0 aromatic carbocycles. The molecule has 4 nitrogen and oxygen atoms in total. The van der Waals surface area contributed by atoms with Crippen LogP contribution in [-0.2, 0) is 9.53 Å². The van der Waals surface area contributed by atoms with Gasteiger partial charge in [0, 0.05) is 0 Å². The molecule has 0 radical (unpaired) electrons. The van der Waals surface area contributed by atoms with Crippen LogP contribution in [0, 0.1) is 0 Å². The van der Waals surface area contributed by atoms with E-state index in [1.807, 2.05) is 0 Å². The lowest BCUT2D eigenvalue weighted by Gasteiger charge is -2.22. The molecule has 82 valence electrons. The molecule has 1 aliphatic rings. The second-order valence-corrected chi connectivity index (χ2v) is 3.86. The van der Waals surface area contributed by atoms with Crippen LogP contribution >= 0.6 is 0 Å². The SMILES string of the molecule is C[C@H](OC1CCCCCC1O)C(=O)O. The highest BCUT2D eigenvalue weighted by Crippen LogP contribution is 2.21. The smallest absolute Gasteiger partial charge is 0.332 e. The largest absolute Gasteiger partial charge is 0.479 e. The standard InChI is InChI=1S/C10H18O4/c1-7(10(12)13)14-9-6-4-2-3-5-8(9)11/h7-9,11H,2-6H2,1H3,(H,12,13)/t7-,8?,9?/m0/s1. The fourth-order valence-electron chi connectivity index (χ4n) is 1.73. The number of aliphatic hydroxyl groups is 1. The Balaban J connectivity index is 2.43. The summed E-state index contributed by atoms with van der Waals surface area (Å²) in [5, 5.41) is 18.3. The van der Waals surface area contributed by atoms with Crippen LogP contribution in [0.15, 0.2) is 0 Å². The van der Waals surface area contributed by atoms with Crippen LogP contribution in [0.25, 0.3) is 0 Å². The Hall–Kier alpha value is -0.610. The zero-order valence-corrected chi connectivity index (χ0v) is 8.48. The van der Waals surface area contributed by atoms with E-state index in [4.69, 9.17) is 9.84 Å². The molecule has 0 saturated heterocycles. The molecule has 0 bridgehead atoms. The van der Waals surface area contributed by atoms with Gasteiger partial charge in [0.25, 0.3) is 0 Å². The average molecular weight is 202 g/mol. The van der Waals surface area contributed by atoms with Gasteiger partial charge in [-0.15, -0.1) is 0 Å². The number of hydrogen-bond donors (Lipinski definition) is 2. The van der Waals surface area contributed by atoms with Gasteiger partial charge in [0.1, 0.15) is 0 Å². The maximum Gasteiger partial charge on any atom is 0.332 e. The lowest BCUT2D eigenvalue weighted by molar-refractivity contribution is -0.157. The molecule has 14 heavy (non-hydrogen) atoms. The molecular formula is C10H18O4. The molecule has 0 heterocycles. The van der Waals surface area contributed by atoms with Gasteiger partial charge in [-0.05, 0) is 19.8 Å². The van der Waals surface area contributed by atoms with Crippen molar-refractivity contribution in [3.8, 4) is 0 Å². The fourth-order valence-corrected chi connectivity index (χ4v) is 1.73. The Bertz CT molecular complexity index is 193. The fraction of sp³-hybridized carbons (Fsp3) is 0.900. The van der Waals surface area contributed by atoms with Crippen LogP contribution in [0.4, 0.5) is 0 Å². The quantitative estimate of drug-likeness (QED) is 0.674. The molecule has 1 saturated carbocycles. The molecule has 2 N–H and O–H groups in total. The predicted octanol–water partition coefficient (Wildman–Crippen LogP) is 1.17. The first-order chi connectivity index (χ1) is 6.61. The summed E-state index contributed by atoms with van der Waals surface area (Å²) in [4.78, 5) is 10.6. The molecule has 4 heteroatoms. The second kappa shape index (κ2) is 5.32. The van der Waals surface area contributed by atoms with Gasteiger partial charge in [0.2, 0.25) is 0 Å². The molecule has 1 aliphatic carbocycles. The Labute approximate surface area is 83.9 Å². The van der Waals surface area contributed by atoms with Gasteiger partial charge in [0.15, 0.2) is 6.10 Å². The lowest BCUT2D eigenvalue weighted by atomic mass is 10.1. The maximum atomic E-state index is 10.6. The molecule has 0 aliphatic heterocycles. The molecule has 0 spiro atoms. The molecule has 0 amide bonds. The van der Waals surface area contributed by atoms with E-state index in [1.54, 1.807) is 0 Å². The molecule has 0 aromatic heterocycles. The molecule has 0 aromatic rings. The molecule has 3 atom stereocenters. The number of carbonyl (C=O) groups is 1. The van der Waals surface area contributed by atoms with E-state index in [9.17, 15) is 9.90 Å². The van der Waals surface area contributed by atoms with Gasteiger partial charge in [0.05, 0.1) is 12.2 Å². The van der Waals surface area contributed by atoms with Crippen molar-refractivity contribution in [1.29, 1.82) is 0 Å². The van der Waals surface area contributed by atoms with Gasteiger partial charge < -0.3 is 14.9 Å². The van der Waals surface area contributed by atoms with Gasteiger partial charge in [-0.2, -0.15) is 0 Å². The summed E-state index contributed by atoms with van der Waals surface area (Å²) < 4.78 is 5.30. The normalized spacial score (nSPS) is 30.7. The minimum atomic E-state index is -0.971. The molecule has 1 fully saturated rings. The van der Waals surface area contributed by atoms with E-state index >= 15 is 0 Å². The van der Waals surface area contributed by atoms with E-state index in [2.05, 4.69) is 0 Å². The Morgan fingerprint density at radius 3 is 2.64 bits per heavy atom. The summed E-state index contributed by atoms with van der Waals surface area (Å²) in [5.41, 5.74) is 0. The minimum absolute atomic E-state index is 0.302. The van der Waals surface area contributed by atoms with E-state index in [0.717, 1.165) is 32.1 Å². The van der Waals surface area contributed by atoms with E-state index in [0.29, 0.717) is 0 Å². The number of aliphatic carboxylic acids is 1. The van der Waals surface area contributed by atoms with Crippen molar-refractivity contribution in [3.63, 3.8) is 0 Å². The summed E-state index contributed by atoms with van der Waals surface area (Å²) >= 11 is 0. The zero-order chi connectivity index (χ0) is 10.6. The van der Waals surface area contributed by atoms with E-state index < -0.39 is 18.2 Å². The first kappa shape index (κ1) is 11.5. The van der Waals surface area contributed by atoms with Crippen molar-refractivity contribution in [1.82, 2.24) is 0 Å². The average Bonchev–Trinajstić information content (AvgIpc) is 2.32. The van der Waals surface area contributed by atoms with E-state index in [-0.39, 0.29) is 6.10 Å². The third-order valence-electron chi connectivity index (χ3n) is 2.64. The number of carboxylic acids is 1. The van der Waals surface area contributed by atoms with Crippen molar-refractivity contribution in [2.45, 2.75) is 57.3 Å². The Morgan fingerprint density at radius 2 is 2.00 bits per heavy atom. The Morgan fingerprint density at radius 1 is 1.36 bits per heavy atom. The second-order valence-electron chi connectivity index (χ2n) is 3.86. The zero-order valence-electron chi connectivity index (χ0n) is 8.48. The highest BCUT2D eigenvalue weighted by Gasteiger charge is 2.26. The highest BCUT2D eigenvalue weighted by atomic mass is 16.5. The van der Waals surface area contributed by atoms with Gasteiger partial charge in [-0.1, -0.05) is 19.3 Å². The lowest BCUT2D eigenvalue weighted by Crippen LogP contribution is -2.34. The van der Waals surface area contributed by atoms with Crippen molar-refractivity contribution in [2.75, 3.05) is 0 Å². The van der Waals surface area contributed by atoms with Gasteiger partial charge in [-0.25, -0.2) is 4.79 Å². The third kappa shape index (κ3) is 3.27. The number of hydrogen-bond acceptors (Lipinski definition) is 3. The van der Waals surface area contributed by atoms with Crippen molar-refractivity contribution >= 4 is 5.97 Å². The van der Waals surface area contributed by atoms with E-state index in [1.165, 1.54) is 6.92 Å². The minimum Gasteiger partial charge on any atom is -0.479 e. The summed E-state index contributed by atoms with van der Waals surface area (Å²) in [7, 11) is 0. The van der Waals surface area contributed by atoms with Gasteiger partial charge >= 0.3 is 5.97 Å². The van der Waals surface area contributed by atoms with Crippen molar-refractivity contribution < 1.29 is 19.7 Å². The number of ether oxygens (including phenoxy) is 1. The summed E-state index contributed by atoms with van der Waals surface area (Å²) in [6.07, 6.45) is 2.96. The molecule has 1 rings (SSSR count). The van der Waals surface area contributed by atoms with Crippen LogP contribution in [0.2, 0.25) is 0 Å². The number of aliphatic hydroxyl groups excluding tert-OH is 1. The topological polar surface area (TPSA) is 66.8 Å². The molecular weight excluding hydrogens is 184 g/mol. The number of rotatable bonds is 3. The molecule has 2 unspecified atom stereocenters. The summed E-state index contributed by atoms with van der Waals surface area (Å²) in [6.45, 7) is 1.50. The summed E-state index contributed by atoms with van der Waals surface area (Å²) in [6, 6.07) is 0. The Kier molecular flexibility index (Phi) is 4.35. The van der Waals surface area contributed by atoms with Crippen LogP contribution < -0.4 is 0 Å². The summed E-state index contributed by atoms with van der Waals surface area (Å²) in [5.74, 6) is -0.971. The highest BCUT2D eigenvalue weighted by molar-refractivity contribution is 5.71. The van der Waals surface area contributed by atoms with Crippen LogP contribution in [0.1, 0.15) is 39.0 Å².